The van der Waals surface area contributed by atoms with E-state index in [1.165, 1.54) is 12.5 Å². The Morgan fingerprint density at radius 2 is 2.24 bits per heavy atom. The van der Waals surface area contributed by atoms with E-state index >= 15 is 0 Å². The number of aromatic nitrogens is 3. The molecule has 6 heteroatoms. The molecule has 0 radical (unpaired) electrons. The summed E-state index contributed by atoms with van der Waals surface area (Å²) in [6.07, 6.45) is 4.46. The van der Waals surface area contributed by atoms with Crippen molar-refractivity contribution in [2.45, 2.75) is 6.54 Å². The standard InChI is InChI=1S/C15H10N4O2/c16-6-10-1-2-11-3-4-19(14(11)5-10)8-13-12(15(20)21)7-17-9-18-13/h1-5,7,9H,8H2,(H,20,21). The van der Waals surface area contributed by atoms with Crippen LogP contribution in [0.1, 0.15) is 21.6 Å². The van der Waals surface area contributed by atoms with Crippen LogP contribution in [0.25, 0.3) is 10.9 Å². The molecule has 1 aromatic carbocycles. The van der Waals surface area contributed by atoms with Gasteiger partial charge in [0.1, 0.15) is 11.9 Å². The van der Waals surface area contributed by atoms with E-state index < -0.39 is 5.97 Å². The fourth-order valence-corrected chi connectivity index (χ4v) is 2.21. The van der Waals surface area contributed by atoms with Gasteiger partial charge in [-0.25, -0.2) is 14.8 Å². The Kier molecular flexibility index (Phi) is 3.09. The van der Waals surface area contributed by atoms with E-state index in [1.54, 1.807) is 12.1 Å². The Morgan fingerprint density at radius 3 is 3.00 bits per heavy atom. The van der Waals surface area contributed by atoms with Gasteiger partial charge < -0.3 is 9.67 Å². The van der Waals surface area contributed by atoms with Gasteiger partial charge in [-0.1, -0.05) is 6.07 Å². The molecule has 102 valence electrons. The van der Waals surface area contributed by atoms with Gasteiger partial charge >= 0.3 is 5.97 Å². The molecule has 3 rings (SSSR count). The van der Waals surface area contributed by atoms with Crippen molar-refractivity contribution >= 4 is 16.9 Å². The SMILES string of the molecule is N#Cc1ccc2ccn(Cc3ncncc3C(=O)O)c2c1. The number of carbonyl (C=O) groups is 1. The molecular formula is C15H10N4O2. The van der Waals surface area contributed by atoms with Gasteiger partial charge in [0.2, 0.25) is 0 Å². The number of aromatic carboxylic acids is 1. The Bertz CT molecular complexity index is 877. The molecule has 0 bridgehead atoms. The van der Waals surface area contributed by atoms with Gasteiger partial charge in [-0.3, -0.25) is 0 Å². The first-order valence-electron chi connectivity index (χ1n) is 6.20. The lowest BCUT2D eigenvalue weighted by atomic mass is 10.2. The lowest BCUT2D eigenvalue weighted by Gasteiger charge is -2.07. The van der Waals surface area contributed by atoms with Crippen LogP contribution in [0.5, 0.6) is 0 Å². The number of hydrogen-bond donors (Lipinski definition) is 1. The number of nitriles is 1. The molecule has 0 saturated heterocycles. The Labute approximate surface area is 119 Å². The van der Waals surface area contributed by atoms with Gasteiger partial charge in [0.15, 0.2) is 0 Å². The normalized spacial score (nSPS) is 10.4. The second kappa shape index (κ2) is 5.06. The monoisotopic (exact) mass is 278 g/mol. The minimum Gasteiger partial charge on any atom is -0.478 e. The van der Waals surface area contributed by atoms with E-state index in [1.807, 2.05) is 22.9 Å². The molecule has 2 aromatic heterocycles. The predicted octanol–water partition coefficient (Wildman–Crippen LogP) is 2.05. The van der Waals surface area contributed by atoms with Crippen molar-refractivity contribution in [1.82, 2.24) is 14.5 Å². The van der Waals surface area contributed by atoms with Crippen LogP contribution >= 0.6 is 0 Å². The molecule has 0 aliphatic rings. The maximum absolute atomic E-state index is 11.2. The largest absolute Gasteiger partial charge is 0.478 e. The maximum atomic E-state index is 11.2. The third-order valence-electron chi connectivity index (χ3n) is 3.25. The fraction of sp³-hybridized carbons (Fsp3) is 0.0667. The van der Waals surface area contributed by atoms with Crippen LogP contribution in [0.2, 0.25) is 0 Å². The number of benzene rings is 1. The molecule has 0 aliphatic heterocycles. The third-order valence-corrected chi connectivity index (χ3v) is 3.25. The highest BCUT2D eigenvalue weighted by Gasteiger charge is 2.12. The van der Waals surface area contributed by atoms with Crippen molar-refractivity contribution in [3.63, 3.8) is 0 Å². The summed E-state index contributed by atoms with van der Waals surface area (Å²) >= 11 is 0. The summed E-state index contributed by atoms with van der Waals surface area (Å²) in [4.78, 5) is 19.0. The number of hydrogen-bond acceptors (Lipinski definition) is 4. The van der Waals surface area contributed by atoms with E-state index in [-0.39, 0.29) is 5.56 Å². The summed E-state index contributed by atoms with van der Waals surface area (Å²) in [5, 5.41) is 19.1. The highest BCUT2D eigenvalue weighted by atomic mass is 16.4. The maximum Gasteiger partial charge on any atom is 0.339 e. The number of fused-ring (bicyclic) bond motifs is 1. The molecule has 0 atom stereocenters. The quantitative estimate of drug-likeness (QED) is 0.791. The van der Waals surface area contributed by atoms with Gasteiger partial charge in [-0.05, 0) is 23.6 Å². The molecule has 1 N–H and O–H groups in total. The van der Waals surface area contributed by atoms with E-state index in [4.69, 9.17) is 10.4 Å². The second-order valence-electron chi connectivity index (χ2n) is 4.52. The first-order valence-corrected chi connectivity index (χ1v) is 6.20. The Balaban J connectivity index is 2.07. The highest BCUT2D eigenvalue weighted by molar-refractivity contribution is 5.88. The summed E-state index contributed by atoms with van der Waals surface area (Å²) in [5.41, 5.74) is 1.93. The van der Waals surface area contributed by atoms with Crippen LogP contribution in [-0.2, 0) is 6.54 Å². The first kappa shape index (κ1) is 12.8. The van der Waals surface area contributed by atoms with E-state index in [0.29, 0.717) is 17.8 Å². The average Bonchev–Trinajstić information content (AvgIpc) is 2.90. The predicted molar refractivity (Wildman–Crippen MR) is 74.7 cm³/mol. The number of rotatable bonds is 3. The Hall–Kier alpha value is -3.20. The number of nitrogens with zero attached hydrogens (tertiary/aromatic N) is 4. The zero-order valence-electron chi connectivity index (χ0n) is 10.9. The van der Waals surface area contributed by atoms with Gasteiger partial charge in [0.05, 0.1) is 23.9 Å². The van der Waals surface area contributed by atoms with Crippen molar-refractivity contribution in [1.29, 1.82) is 5.26 Å². The van der Waals surface area contributed by atoms with Crippen LogP contribution in [0.15, 0.2) is 43.0 Å². The second-order valence-corrected chi connectivity index (χ2v) is 4.52. The minimum atomic E-state index is -1.06. The molecule has 0 fully saturated rings. The van der Waals surface area contributed by atoms with Crippen LogP contribution in [0.4, 0.5) is 0 Å². The number of carboxylic acid groups (broad SMARTS) is 1. The zero-order chi connectivity index (χ0) is 14.8. The number of carboxylic acids is 1. The third kappa shape index (κ3) is 2.32. The van der Waals surface area contributed by atoms with Crippen LogP contribution in [-0.4, -0.2) is 25.6 Å². The molecule has 0 aliphatic carbocycles. The lowest BCUT2D eigenvalue weighted by Crippen LogP contribution is -2.09. The van der Waals surface area contributed by atoms with Gasteiger partial charge in [-0.2, -0.15) is 5.26 Å². The van der Waals surface area contributed by atoms with E-state index in [2.05, 4.69) is 16.0 Å². The molecule has 0 amide bonds. The van der Waals surface area contributed by atoms with Crippen molar-refractivity contribution in [2.75, 3.05) is 0 Å². The molecule has 0 saturated carbocycles. The summed E-state index contributed by atoms with van der Waals surface area (Å²) < 4.78 is 1.87. The van der Waals surface area contributed by atoms with Crippen molar-refractivity contribution < 1.29 is 9.90 Å². The summed E-state index contributed by atoms with van der Waals surface area (Å²) in [6, 6.07) is 9.40. The molecule has 21 heavy (non-hydrogen) atoms. The van der Waals surface area contributed by atoms with E-state index in [9.17, 15) is 4.79 Å². The van der Waals surface area contributed by atoms with E-state index in [0.717, 1.165) is 10.9 Å². The molecule has 0 spiro atoms. The lowest BCUT2D eigenvalue weighted by molar-refractivity contribution is 0.0694. The highest BCUT2D eigenvalue weighted by Crippen LogP contribution is 2.19. The minimum absolute atomic E-state index is 0.0794. The van der Waals surface area contributed by atoms with Gasteiger partial charge in [0.25, 0.3) is 0 Å². The van der Waals surface area contributed by atoms with Crippen LogP contribution < -0.4 is 0 Å². The van der Waals surface area contributed by atoms with Crippen molar-refractivity contribution in [3.05, 3.63) is 59.8 Å². The summed E-state index contributed by atoms with van der Waals surface area (Å²) in [5.74, 6) is -1.06. The smallest absolute Gasteiger partial charge is 0.339 e. The van der Waals surface area contributed by atoms with Crippen LogP contribution in [0, 0.1) is 11.3 Å². The topological polar surface area (TPSA) is 91.8 Å². The molecule has 2 heterocycles. The van der Waals surface area contributed by atoms with Crippen LogP contribution in [0.3, 0.4) is 0 Å². The molecule has 6 nitrogen and oxygen atoms in total. The molecule has 0 unspecified atom stereocenters. The summed E-state index contributed by atoms with van der Waals surface area (Å²) in [6.45, 7) is 0.308. The molecular weight excluding hydrogens is 268 g/mol. The molecule has 3 aromatic rings. The van der Waals surface area contributed by atoms with Gasteiger partial charge in [0, 0.05) is 17.9 Å². The summed E-state index contributed by atoms with van der Waals surface area (Å²) in [7, 11) is 0. The first-order chi connectivity index (χ1) is 10.2. The van der Waals surface area contributed by atoms with Crippen molar-refractivity contribution in [3.8, 4) is 6.07 Å². The zero-order valence-corrected chi connectivity index (χ0v) is 10.9. The van der Waals surface area contributed by atoms with Gasteiger partial charge in [-0.15, -0.1) is 0 Å². The van der Waals surface area contributed by atoms with Crippen molar-refractivity contribution in [2.24, 2.45) is 0 Å². The Morgan fingerprint density at radius 1 is 1.38 bits per heavy atom. The fourth-order valence-electron chi connectivity index (χ4n) is 2.21. The average molecular weight is 278 g/mol.